The molecule has 0 spiro atoms. The van der Waals surface area contributed by atoms with Crippen LogP contribution in [-0.4, -0.2) is 49.0 Å². The van der Waals surface area contributed by atoms with Gasteiger partial charge < -0.3 is 19.9 Å². The van der Waals surface area contributed by atoms with Crippen molar-refractivity contribution in [2.24, 2.45) is 0 Å². The van der Waals surface area contributed by atoms with Crippen molar-refractivity contribution in [1.29, 1.82) is 0 Å². The van der Waals surface area contributed by atoms with Gasteiger partial charge in [-0.1, -0.05) is 0 Å². The van der Waals surface area contributed by atoms with Gasteiger partial charge in [-0.3, -0.25) is 4.79 Å². The normalized spacial score (nSPS) is 15.9. The third-order valence-electron chi connectivity index (χ3n) is 6.18. The Labute approximate surface area is 192 Å². The van der Waals surface area contributed by atoms with E-state index in [9.17, 15) is 9.18 Å². The van der Waals surface area contributed by atoms with Gasteiger partial charge in [-0.15, -0.1) is 0 Å². The summed E-state index contributed by atoms with van der Waals surface area (Å²) in [5, 5.41) is 3.33. The lowest BCUT2D eigenvalue weighted by Crippen LogP contribution is -2.47. The number of fused-ring (bicyclic) bond motifs is 1. The minimum atomic E-state index is -0.230. The fraction of sp³-hybridized carbons (Fsp3) is 0.320. The van der Waals surface area contributed by atoms with Crippen LogP contribution in [0.25, 0.3) is 0 Å². The molecule has 1 aliphatic heterocycles. The summed E-state index contributed by atoms with van der Waals surface area (Å²) in [5.74, 6) is 1.82. The molecule has 2 aromatic carbocycles. The minimum Gasteiger partial charge on any atom is -0.497 e. The summed E-state index contributed by atoms with van der Waals surface area (Å²) in [6.45, 7) is 3.05. The monoisotopic (exact) mass is 447 g/mol. The molecule has 170 valence electrons. The van der Waals surface area contributed by atoms with E-state index in [4.69, 9.17) is 14.7 Å². The Kier molecular flexibility index (Phi) is 5.81. The first-order valence-electron chi connectivity index (χ1n) is 11.2. The number of ketones is 1. The third kappa shape index (κ3) is 4.46. The Morgan fingerprint density at radius 3 is 2.30 bits per heavy atom. The molecule has 7 nitrogen and oxygen atoms in total. The van der Waals surface area contributed by atoms with Gasteiger partial charge in [0.25, 0.3) is 0 Å². The number of rotatable bonds is 5. The first-order valence-corrected chi connectivity index (χ1v) is 11.2. The van der Waals surface area contributed by atoms with E-state index >= 15 is 0 Å². The Hall–Kier alpha value is -3.68. The molecule has 2 heterocycles. The van der Waals surface area contributed by atoms with E-state index < -0.39 is 0 Å². The van der Waals surface area contributed by atoms with Crippen LogP contribution in [0.5, 0.6) is 5.75 Å². The smallest absolute Gasteiger partial charge is 0.227 e. The molecule has 3 aromatic rings. The van der Waals surface area contributed by atoms with Crippen molar-refractivity contribution in [1.82, 2.24) is 9.97 Å². The molecular formula is C25H26FN5O2. The van der Waals surface area contributed by atoms with Gasteiger partial charge in [0.1, 0.15) is 17.4 Å². The molecule has 1 fully saturated rings. The number of aryl methyl sites for hydroxylation is 1. The average Bonchev–Trinajstić information content (AvgIpc) is 2.85. The highest BCUT2D eigenvalue weighted by Gasteiger charge is 2.27. The predicted octanol–water partition coefficient (Wildman–Crippen LogP) is 4.21. The summed E-state index contributed by atoms with van der Waals surface area (Å²) in [5.41, 5.74) is 3.26. The number of benzene rings is 2. The number of nitrogens with one attached hydrogen (secondary N) is 1. The lowest BCUT2D eigenvalue weighted by Gasteiger charge is -2.36. The zero-order valence-corrected chi connectivity index (χ0v) is 18.6. The Morgan fingerprint density at radius 2 is 1.61 bits per heavy atom. The van der Waals surface area contributed by atoms with E-state index in [0.29, 0.717) is 23.8 Å². The molecule has 1 saturated heterocycles. The topological polar surface area (TPSA) is 70.6 Å². The number of ether oxygens (including phenoxy) is 1. The van der Waals surface area contributed by atoms with E-state index in [-0.39, 0.29) is 11.6 Å². The Balaban J connectivity index is 1.39. The predicted molar refractivity (Wildman–Crippen MR) is 126 cm³/mol. The Bertz CT molecular complexity index is 1140. The minimum absolute atomic E-state index is 0.0833. The van der Waals surface area contributed by atoms with E-state index in [2.05, 4.69) is 15.1 Å². The second-order valence-corrected chi connectivity index (χ2v) is 8.27. The molecule has 0 amide bonds. The van der Waals surface area contributed by atoms with Crippen molar-refractivity contribution in [3.8, 4) is 5.75 Å². The van der Waals surface area contributed by atoms with Crippen LogP contribution < -0.4 is 19.9 Å². The molecule has 1 aromatic heterocycles. The highest BCUT2D eigenvalue weighted by molar-refractivity contribution is 6.03. The maximum atomic E-state index is 13.3. The van der Waals surface area contributed by atoms with Gasteiger partial charge in [0, 0.05) is 44.0 Å². The van der Waals surface area contributed by atoms with Crippen molar-refractivity contribution in [3.63, 3.8) is 0 Å². The number of halogens is 1. The molecule has 1 N–H and O–H groups in total. The van der Waals surface area contributed by atoms with Crippen molar-refractivity contribution in [3.05, 3.63) is 65.6 Å². The van der Waals surface area contributed by atoms with Crippen LogP contribution in [0.2, 0.25) is 0 Å². The van der Waals surface area contributed by atoms with E-state index in [1.54, 1.807) is 7.11 Å². The van der Waals surface area contributed by atoms with Gasteiger partial charge in [-0.25, -0.2) is 9.37 Å². The number of Topliss-reactive ketones (excluding diaryl/α,β-unsaturated/α-hetero) is 1. The molecule has 0 bridgehead atoms. The lowest BCUT2D eigenvalue weighted by atomic mass is 9.95. The summed E-state index contributed by atoms with van der Waals surface area (Å²) >= 11 is 0. The highest BCUT2D eigenvalue weighted by Crippen LogP contribution is 2.31. The average molecular weight is 448 g/mol. The molecule has 0 saturated carbocycles. The van der Waals surface area contributed by atoms with Gasteiger partial charge in [-0.05, 0) is 61.4 Å². The van der Waals surface area contributed by atoms with Crippen molar-refractivity contribution >= 4 is 28.9 Å². The molecule has 5 rings (SSSR count). The number of carbonyl (C=O) groups excluding carboxylic acids is 1. The van der Waals surface area contributed by atoms with Gasteiger partial charge in [-0.2, -0.15) is 4.98 Å². The molecule has 0 radical (unpaired) electrons. The molecule has 1 aliphatic carbocycles. The summed E-state index contributed by atoms with van der Waals surface area (Å²) in [7, 11) is 1.63. The van der Waals surface area contributed by atoms with Crippen LogP contribution in [0.1, 0.15) is 28.9 Å². The van der Waals surface area contributed by atoms with E-state index in [1.165, 1.54) is 12.1 Å². The summed E-state index contributed by atoms with van der Waals surface area (Å²) in [6.07, 6.45) is 2.09. The number of methoxy groups -OCH3 is 1. The SMILES string of the molecule is COc1ccc(Nc2nc(N3CCN(c4ccc(F)cc4)CC3)nc3c2C(=O)CCC3)cc1. The number of hydrogen-bond donors (Lipinski definition) is 1. The van der Waals surface area contributed by atoms with Gasteiger partial charge in [0.15, 0.2) is 5.78 Å². The Morgan fingerprint density at radius 1 is 0.909 bits per heavy atom. The maximum Gasteiger partial charge on any atom is 0.227 e. The second-order valence-electron chi connectivity index (χ2n) is 8.27. The molecule has 33 heavy (non-hydrogen) atoms. The second kappa shape index (κ2) is 9.05. The summed E-state index contributed by atoms with van der Waals surface area (Å²) < 4.78 is 18.5. The number of anilines is 4. The summed E-state index contributed by atoms with van der Waals surface area (Å²) in [4.78, 5) is 26.7. The fourth-order valence-corrected chi connectivity index (χ4v) is 4.37. The first kappa shape index (κ1) is 21.2. The van der Waals surface area contributed by atoms with E-state index in [0.717, 1.165) is 61.8 Å². The first-order chi connectivity index (χ1) is 16.1. The molecule has 0 atom stereocenters. The quantitative estimate of drug-likeness (QED) is 0.628. The molecule has 8 heteroatoms. The maximum absolute atomic E-state index is 13.3. The van der Waals surface area contributed by atoms with Gasteiger partial charge >= 0.3 is 0 Å². The van der Waals surface area contributed by atoms with Crippen molar-refractivity contribution in [2.75, 3.05) is 48.4 Å². The van der Waals surface area contributed by atoms with E-state index in [1.807, 2.05) is 36.4 Å². The number of aromatic nitrogens is 2. The zero-order chi connectivity index (χ0) is 22.8. The van der Waals surface area contributed by atoms with Crippen LogP contribution in [-0.2, 0) is 6.42 Å². The number of hydrogen-bond acceptors (Lipinski definition) is 7. The van der Waals surface area contributed by atoms with Crippen LogP contribution >= 0.6 is 0 Å². The van der Waals surface area contributed by atoms with Crippen LogP contribution in [0.4, 0.5) is 27.5 Å². The fourth-order valence-electron chi connectivity index (χ4n) is 4.37. The third-order valence-corrected chi connectivity index (χ3v) is 6.18. The van der Waals surface area contributed by atoms with Crippen LogP contribution in [0.15, 0.2) is 48.5 Å². The molecule has 0 unspecified atom stereocenters. The standard InChI is InChI=1S/C25H26FN5O2/c1-33-20-11-7-18(8-12-20)27-24-23-21(3-2-4-22(23)32)28-25(29-24)31-15-13-30(14-16-31)19-9-5-17(26)6-10-19/h5-12H,2-4,13-16H2,1H3,(H,27,28,29). The molecule has 2 aliphatic rings. The number of piperazine rings is 1. The van der Waals surface area contributed by atoms with Crippen LogP contribution in [0, 0.1) is 5.82 Å². The van der Waals surface area contributed by atoms with Gasteiger partial charge in [0.05, 0.1) is 18.4 Å². The molecular weight excluding hydrogens is 421 g/mol. The van der Waals surface area contributed by atoms with Crippen LogP contribution in [0.3, 0.4) is 0 Å². The lowest BCUT2D eigenvalue weighted by molar-refractivity contribution is 0.0972. The summed E-state index contributed by atoms with van der Waals surface area (Å²) in [6, 6.07) is 14.1. The van der Waals surface area contributed by atoms with Gasteiger partial charge in [0.2, 0.25) is 5.95 Å². The zero-order valence-electron chi connectivity index (χ0n) is 18.6. The highest BCUT2D eigenvalue weighted by atomic mass is 19.1. The number of carbonyl (C=O) groups is 1. The largest absolute Gasteiger partial charge is 0.497 e. The number of nitrogens with zero attached hydrogens (tertiary/aromatic N) is 4. The van der Waals surface area contributed by atoms with Crippen molar-refractivity contribution in [2.45, 2.75) is 19.3 Å². The van der Waals surface area contributed by atoms with Crippen molar-refractivity contribution < 1.29 is 13.9 Å².